The van der Waals surface area contributed by atoms with E-state index in [4.69, 9.17) is 14.3 Å². The Kier molecular flexibility index (Phi) is 6.17. The number of amides is 1. The summed E-state index contributed by atoms with van der Waals surface area (Å²) in [5.41, 5.74) is 0.341. The van der Waals surface area contributed by atoms with Crippen molar-refractivity contribution in [2.75, 3.05) is 13.2 Å². The van der Waals surface area contributed by atoms with Crippen molar-refractivity contribution < 1.29 is 23.8 Å². The largest absolute Gasteiger partial charge is 0.480 e. The number of carboxylic acid groups (broad SMARTS) is 1. The minimum absolute atomic E-state index is 0.124. The summed E-state index contributed by atoms with van der Waals surface area (Å²) < 4.78 is 10.6. The molecule has 0 aliphatic rings. The average molecular weight is 295 g/mol. The number of furan rings is 1. The fourth-order valence-corrected chi connectivity index (χ4v) is 1.69. The van der Waals surface area contributed by atoms with Crippen molar-refractivity contribution in [3.63, 3.8) is 0 Å². The lowest BCUT2D eigenvalue weighted by molar-refractivity contribution is -0.140. The lowest BCUT2D eigenvalue weighted by Gasteiger charge is -2.13. The van der Waals surface area contributed by atoms with Crippen LogP contribution in [0.1, 0.15) is 41.6 Å². The van der Waals surface area contributed by atoms with Crippen LogP contribution in [0, 0.1) is 6.92 Å². The number of carbonyl (C=O) groups excluding carboxylic acids is 1. The minimum Gasteiger partial charge on any atom is -0.480 e. The van der Waals surface area contributed by atoms with Crippen molar-refractivity contribution in [2.24, 2.45) is 0 Å². The first-order valence-corrected chi connectivity index (χ1v) is 6.69. The normalized spacial score (nSPS) is 12.2. The van der Waals surface area contributed by atoms with Crippen LogP contribution in [-0.4, -0.2) is 36.2 Å². The molecule has 1 amide bonds. The van der Waals surface area contributed by atoms with Crippen LogP contribution in [0.3, 0.4) is 0 Å². The first-order chi connectivity index (χ1) is 9.86. The molecule has 1 aromatic heterocycles. The topological polar surface area (TPSA) is 88.8 Å². The van der Waals surface area contributed by atoms with Crippen LogP contribution in [0.15, 0.2) is 23.1 Å². The summed E-state index contributed by atoms with van der Waals surface area (Å²) in [6, 6.07) is 0.521. The molecule has 0 aliphatic heterocycles. The maximum absolute atomic E-state index is 12.1. The molecule has 2 N–H and O–H groups in total. The van der Waals surface area contributed by atoms with E-state index >= 15 is 0 Å². The number of ether oxygens (including phenoxy) is 1. The van der Waals surface area contributed by atoms with Crippen LogP contribution in [0.2, 0.25) is 0 Å². The second-order valence-corrected chi connectivity index (χ2v) is 4.96. The van der Waals surface area contributed by atoms with Crippen LogP contribution >= 0.6 is 0 Å². The third kappa shape index (κ3) is 4.75. The number of rotatable bonds is 8. The second-order valence-electron chi connectivity index (χ2n) is 4.96. The van der Waals surface area contributed by atoms with Gasteiger partial charge in [0.1, 0.15) is 11.5 Å². The second kappa shape index (κ2) is 7.64. The minimum atomic E-state index is -1.15. The highest BCUT2D eigenvalue weighted by molar-refractivity contribution is 5.97. The van der Waals surface area contributed by atoms with E-state index < -0.39 is 17.9 Å². The zero-order valence-electron chi connectivity index (χ0n) is 12.5. The van der Waals surface area contributed by atoms with E-state index in [2.05, 4.69) is 11.9 Å². The SMILES string of the molecule is C=CCOCC(NC(=O)c1cc(C(C)C)oc1C)C(=O)O. The predicted molar refractivity (Wildman–Crippen MR) is 77.4 cm³/mol. The Hall–Kier alpha value is -2.08. The molecule has 6 nitrogen and oxygen atoms in total. The van der Waals surface area contributed by atoms with Gasteiger partial charge in [-0.2, -0.15) is 0 Å². The van der Waals surface area contributed by atoms with Gasteiger partial charge in [-0.05, 0) is 13.0 Å². The predicted octanol–water partition coefficient (Wildman–Crippen LogP) is 2.10. The van der Waals surface area contributed by atoms with E-state index in [0.717, 1.165) is 0 Å². The summed E-state index contributed by atoms with van der Waals surface area (Å²) in [4.78, 5) is 23.3. The highest BCUT2D eigenvalue weighted by atomic mass is 16.5. The van der Waals surface area contributed by atoms with E-state index in [9.17, 15) is 9.59 Å². The molecule has 1 heterocycles. The molecule has 0 radical (unpaired) electrons. The molecule has 0 saturated carbocycles. The van der Waals surface area contributed by atoms with Gasteiger partial charge in [-0.3, -0.25) is 4.79 Å². The number of carboxylic acids is 1. The van der Waals surface area contributed by atoms with Crippen molar-refractivity contribution in [3.8, 4) is 0 Å². The molecule has 1 unspecified atom stereocenters. The molecular weight excluding hydrogens is 274 g/mol. The fraction of sp³-hybridized carbons (Fsp3) is 0.467. The summed E-state index contributed by atoms with van der Waals surface area (Å²) in [5.74, 6) is -0.341. The number of hydrogen-bond donors (Lipinski definition) is 2. The van der Waals surface area contributed by atoms with Gasteiger partial charge in [0.15, 0.2) is 6.04 Å². The molecule has 21 heavy (non-hydrogen) atoms. The maximum atomic E-state index is 12.1. The third-order valence-corrected chi connectivity index (χ3v) is 2.87. The Bertz CT molecular complexity index is 518. The van der Waals surface area contributed by atoms with Crippen LogP contribution < -0.4 is 5.32 Å². The summed E-state index contributed by atoms with van der Waals surface area (Å²) in [6.45, 7) is 9.14. The molecule has 0 spiro atoms. The smallest absolute Gasteiger partial charge is 0.328 e. The Balaban J connectivity index is 2.77. The number of hydrogen-bond acceptors (Lipinski definition) is 4. The summed E-state index contributed by atoms with van der Waals surface area (Å²) in [7, 11) is 0. The Morgan fingerprint density at radius 2 is 2.19 bits per heavy atom. The Labute approximate surface area is 123 Å². The monoisotopic (exact) mass is 295 g/mol. The molecule has 1 aromatic rings. The lowest BCUT2D eigenvalue weighted by atomic mass is 10.1. The molecule has 6 heteroatoms. The van der Waals surface area contributed by atoms with Crippen molar-refractivity contribution in [3.05, 3.63) is 35.8 Å². The van der Waals surface area contributed by atoms with Crippen molar-refractivity contribution in [1.29, 1.82) is 0 Å². The molecule has 1 rings (SSSR count). The van der Waals surface area contributed by atoms with Gasteiger partial charge >= 0.3 is 5.97 Å². The zero-order valence-corrected chi connectivity index (χ0v) is 12.5. The van der Waals surface area contributed by atoms with Gasteiger partial charge in [0, 0.05) is 5.92 Å². The molecule has 0 aromatic carbocycles. The number of carbonyl (C=O) groups is 2. The van der Waals surface area contributed by atoms with Gasteiger partial charge in [0.25, 0.3) is 5.91 Å². The van der Waals surface area contributed by atoms with Crippen molar-refractivity contribution >= 4 is 11.9 Å². The highest BCUT2D eigenvalue weighted by Gasteiger charge is 2.23. The van der Waals surface area contributed by atoms with Crippen LogP contribution in [-0.2, 0) is 9.53 Å². The lowest BCUT2D eigenvalue weighted by Crippen LogP contribution is -2.44. The summed E-state index contributed by atoms with van der Waals surface area (Å²) >= 11 is 0. The molecule has 0 fully saturated rings. The van der Waals surface area contributed by atoms with Crippen LogP contribution in [0.5, 0.6) is 0 Å². The van der Waals surface area contributed by atoms with Crippen molar-refractivity contribution in [1.82, 2.24) is 5.32 Å². The molecule has 0 aliphatic carbocycles. The summed E-state index contributed by atoms with van der Waals surface area (Å²) in [6.07, 6.45) is 1.51. The fourth-order valence-electron chi connectivity index (χ4n) is 1.69. The van der Waals surface area contributed by atoms with Crippen LogP contribution in [0.25, 0.3) is 0 Å². The van der Waals surface area contributed by atoms with Gasteiger partial charge in [-0.15, -0.1) is 6.58 Å². The van der Waals surface area contributed by atoms with Gasteiger partial charge in [-0.25, -0.2) is 4.79 Å². The van der Waals surface area contributed by atoms with Gasteiger partial charge in [-0.1, -0.05) is 19.9 Å². The molecule has 0 bridgehead atoms. The first kappa shape index (κ1) is 17.0. The quantitative estimate of drug-likeness (QED) is 0.566. The third-order valence-electron chi connectivity index (χ3n) is 2.87. The van der Waals surface area contributed by atoms with E-state index in [1.165, 1.54) is 6.08 Å². The summed E-state index contributed by atoms with van der Waals surface area (Å²) in [5, 5.41) is 11.5. The molecule has 0 saturated heterocycles. The highest BCUT2D eigenvalue weighted by Crippen LogP contribution is 2.21. The number of aryl methyl sites for hydroxylation is 1. The number of nitrogens with one attached hydrogen (secondary N) is 1. The maximum Gasteiger partial charge on any atom is 0.328 e. The van der Waals surface area contributed by atoms with Gasteiger partial charge < -0.3 is 19.6 Å². The first-order valence-electron chi connectivity index (χ1n) is 6.69. The molecule has 1 atom stereocenters. The Morgan fingerprint density at radius 1 is 1.52 bits per heavy atom. The zero-order chi connectivity index (χ0) is 16.0. The van der Waals surface area contributed by atoms with Crippen molar-refractivity contribution in [2.45, 2.75) is 32.7 Å². The molecule has 116 valence electrons. The molecular formula is C15H21NO5. The Morgan fingerprint density at radius 3 is 2.67 bits per heavy atom. The number of aliphatic carboxylic acids is 1. The van der Waals surface area contributed by atoms with Crippen LogP contribution in [0.4, 0.5) is 0 Å². The average Bonchev–Trinajstić information content (AvgIpc) is 2.80. The van der Waals surface area contributed by atoms with E-state index in [-0.39, 0.29) is 19.1 Å². The van der Waals surface area contributed by atoms with E-state index in [1.54, 1.807) is 13.0 Å². The van der Waals surface area contributed by atoms with Gasteiger partial charge in [0.05, 0.1) is 18.8 Å². The van der Waals surface area contributed by atoms with E-state index in [1.807, 2.05) is 13.8 Å². The van der Waals surface area contributed by atoms with E-state index in [0.29, 0.717) is 17.1 Å². The standard InChI is InChI=1S/C15H21NO5/c1-5-6-20-8-12(15(18)19)16-14(17)11-7-13(9(2)3)21-10(11)4/h5,7,9,12H,1,6,8H2,2-4H3,(H,16,17)(H,18,19). The van der Waals surface area contributed by atoms with Gasteiger partial charge in [0.2, 0.25) is 0 Å².